The van der Waals surface area contributed by atoms with E-state index in [1.807, 2.05) is 43.3 Å². The molecule has 7 nitrogen and oxygen atoms in total. The van der Waals surface area contributed by atoms with Gasteiger partial charge in [0.2, 0.25) is 10.0 Å². The van der Waals surface area contributed by atoms with Crippen molar-refractivity contribution in [1.82, 2.24) is 5.32 Å². The van der Waals surface area contributed by atoms with Gasteiger partial charge < -0.3 is 14.8 Å². The van der Waals surface area contributed by atoms with Crippen LogP contribution >= 0.6 is 0 Å². The molecule has 0 unspecified atom stereocenters. The topological polar surface area (TPSA) is 84.9 Å². The van der Waals surface area contributed by atoms with Crippen molar-refractivity contribution in [3.63, 3.8) is 0 Å². The zero-order valence-electron chi connectivity index (χ0n) is 15.2. The highest BCUT2D eigenvalue weighted by molar-refractivity contribution is 7.92. The number of amides is 1. The Kier molecular flexibility index (Phi) is 5.55. The van der Waals surface area contributed by atoms with Gasteiger partial charge in [0.1, 0.15) is 18.1 Å². The van der Waals surface area contributed by atoms with Crippen LogP contribution < -0.4 is 19.1 Å². The number of benzene rings is 2. The summed E-state index contributed by atoms with van der Waals surface area (Å²) in [6.45, 7) is 2.39. The highest BCUT2D eigenvalue weighted by Gasteiger charge is 2.34. The second kappa shape index (κ2) is 7.87. The van der Waals surface area contributed by atoms with Crippen molar-refractivity contribution >= 4 is 21.6 Å². The Hall–Kier alpha value is -2.74. The summed E-state index contributed by atoms with van der Waals surface area (Å²) in [6, 6.07) is 14.5. The number of para-hydroxylation sites is 1. The first-order valence-corrected chi connectivity index (χ1v) is 10.4. The predicted octanol–water partition coefficient (Wildman–Crippen LogP) is 1.72. The van der Waals surface area contributed by atoms with Gasteiger partial charge in [-0.1, -0.05) is 24.3 Å². The van der Waals surface area contributed by atoms with Gasteiger partial charge in [-0.3, -0.25) is 9.10 Å². The second-order valence-electron chi connectivity index (χ2n) is 6.32. The molecule has 2 aromatic rings. The number of fused-ring (bicyclic) bond motifs is 1. The Labute approximate surface area is 158 Å². The maximum atomic E-state index is 12.5. The average molecular weight is 390 g/mol. The van der Waals surface area contributed by atoms with Gasteiger partial charge in [0.05, 0.1) is 25.0 Å². The second-order valence-corrected chi connectivity index (χ2v) is 8.23. The highest BCUT2D eigenvalue weighted by atomic mass is 32.2. The van der Waals surface area contributed by atoms with E-state index in [1.165, 1.54) is 4.31 Å². The zero-order chi connectivity index (χ0) is 19.4. The van der Waals surface area contributed by atoms with Crippen LogP contribution in [0.5, 0.6) is 11.5 Å². The number of nitrogens with zero attached hydrogens (tertiary/aromatic N) is 1. The maximum Gasteiger partial charge on any atom is 0.263 e. The zero-order valence-corrected chi connectivity index (χ0v) is 16.0. The molecule has 0 bridgehead atoms. The Balaban J connectivity index is 1.63. The van der Waals surface area contributed by atoms with E-state index in [-0.39, 0.29) is 19.0 Å². The van der Waals surface area contributed by atoms with Crippen LogP contribution in [0.3, 0.4) is 0 Å². The van der Waals surface area contributed by atoms with Gasteiger partial charge in [-0.05, 0) is 36.8 Å². The monoisotopic (exact) mass is 390 g/mol. The molecule has 8 heteroatoms. The standard InChI is InChI=1S/C19H22N2O5S/c1-14-8-9-16-17(12-14)26-18(13-21(16)27(2,23)24)19(22)20-10-11-25-15-6-4-3-5-7-15/h3-9,12,18H,10-11,13H2,1-2H3,(H,20,22)/t18-/m0/s1. The molecule has 0 radical (unpaired) electrons. The molecule has 1 aliphatic heterocycles. The first kappa shape index (κ1) is 19.0. The molecule has 27 heavy (non-hydrogen) atoms. The fourth-order valence-corrected chi connectivity index (χ4v) is 3.70. The molecule has 1 amide bonds. The largest absolute Gasteiger partial charge is 0.492 e. The summed E-state index contributed by atoms with van der Waals surface area (Å²) in [5.74, 6) is 0.716. The fraction of sp³-hybridized carbons (Fsp3) is 0.316. The van der Waals surface area contributed by atoms with Gasteiger partial charge in [-0.2, -0.15) is 0 Å². The summed E-state index contributed by atoms with van der Waals surface area (Å²) in [7, 11) is -3.53. The molecule has 1 aliphatic rings. The number of aryl methyl sites for hydroxylation is 1. The number of carbonyl (C=O) groups excluding carboxylic acids is 1. The van der Waals surface area contributed by atoms with Crippen LogP contribution in [-0.4, -0.2) is 46.4 Å². The summed E-state index contributed by atoms with van der Waals surface area (Å²) >= 11 is 0. The number of sulfonamides is 1. The Morgan fingerprint density at radius 2 is 2.00 bits per heavy atom. The van der Waals surface area contributed by atoms with Crippen molar-refractivity contribution in [2.24, 2.45) is 0 Å². The molecule has 0 aromatic heterocycles. The van der Waals surface area contributed by atoms with Gasteiger partial charge in [-0.25, -0.2) is 8.42 Å². The molecule has 144 valence electrons. The lowest BCUT2D eigenvalue weighted by atomic mass is 10.1. The van der Waals surface area contributed by atoms with Crippen molar-refractivity contribution in [2.75, 3.05) is 30.3 Å². The van der Waals surface area contributed by atoms with E-state index in [9.17, 15) is 13.2 Å². The summed E-state index contributed by atoms with van der Waals surface area (Å²) in [5.41, 5.74) is 1.36. The lowest BCUT2D eigenvalue weighted by Crippen LogP contribution is -2.51. The molecule has 0 saturated carbocycles. The van der Waals surface area contributed by atoms with Crippen LogP contribution in [-0.2, 0) is 14.8 Å². The highest BCUT2D eigenvalue weighted by Crippen LogP contribution is 2.35. The normalized spacial score (nSPS) is 16.2. The molecule has 3 rings (SSSR count). The van der Waals surface area contributed by atoms with E-state index >= 15 is 0 Å². The Morgan fingerprint density at radius 3 is 2.70 bits per heavy atom. The third-order valence-corrected chi connectivity index (χ3v) is 5.24. The molecular formula is C19H22N2O5S. The predicted molar refractivity (Wildman–Crippen MR) is 103 cm³/mol. The number of rotatable bonds is 6. The first-order valence-electron chi connectivity index (χ1n) is 8.55. The molecule has 1 atom stereocenters. The summed E-state index contributed by atoms with van der Waals surface area (Å²) in [5, 5.41) is 2.73. The van der Waals surface area contributed by atoms with Crippen LogP contribution in [0.25, 0.3) is 0 Å². The molecule has 0 spiro atoms. The van der Waals surface area contributed by atoms with Crippen LogP contribution in [0.1, 0.15) is 5.56 Å². The van der Waals surface area contributed by atoms with Gasteiger partial charge in [0.15, 0.2) is 6.10 Å². The number of ether oxygens (including phenoxy) is 2. The molecule has 0 fully saturated rings. The lowest BCUT2D eigenvalue weighted by Gasteiger charge is -2.34. The maximum absolute atomic E-state index is 12.5. The van der Waals surface area contributed by atoms with Crippen molar-refractivity contribution in [1.29, 1.82) is 0 Å². The van der Waals surface area contributed by atoms with E-state index < -0.39 is 16.1 Å². The van der Waals surface area contributed by atoms with Gasteiger partial charge in [0, 0.05) is 0 Å². The van der Waals surface area contributed by atoms with E-state index in [0.717, 1.165) is 11.8 Å². The summed E-state index contributed by atoms with van der Waals surface area (Å²) in [4.78, 5) is 12.5. The number of carbonyl (C=O) groups is 1. The Morgan fingerprint density at radius 1 is 1.26 bits per heavy atom. The van der Waals surface area contributed by atoms with E-state index in [4.69, 9.17) is 9.47 Å². The lowest BCUT2D eigenvalue weighted by molar-refractivity contribution is -0.127. The number of nitrogens with one attached hydrogen (secondary N) is 1. The third-order valence-electron chi connectivity index (χ3n) is 4.09. The Bertz CT molecular complexity index is 915. The van der Waals surface area contributed by atoms with Crippen LogP contribution in [0.4, 0.5) is 5.69 Å². The van der Waals surface area contributed by atoms with Crippen molar-refractivity contribution < 1.29 is 22.7 Å². The van der Waals surface area contributed by atoms with Crippen LogP contribution in [0, 0.1) is 6.92 Å². The summed E-state index contributed by atoms with van der Waals surface area (Å²) in [6.07, 6.45) is 0.190. The van der Waals surface area contributed by atoms with Crippen molar-refractivity contribution in [3.8, 4) is 11.5 Å². The van der Waals surface area contributed by atoms with Crippen molar-refractivity contribution in [2.45, 2.75) is 13.0 Å². The number of hydrogen-bond acceptors (Lipinski definition) is 5. The molecule has 1 heterocycles. The first-order chi connectivity index (χ1) is 12.8. The fourth-order valence-electron chi connectivity index (χ4n) is 2.79. The van der Waals surface area contributed by atoms with Gasteiger partial charge in [0.25, 0.3) is 5.91 Å². The van der Waals surface area contributed by atoms with Crippen molar-refractivity contribution in [3.05, 3.63) is 54.1 Å². The molecule has 2 aromatic carbocycles. The molecular weight excluding hydrogens is 368 g/mol. The van der Waals surface area contributed by atoms with E-state index in [0.29, 0.717) is 23.8 Å². The minimum absolute atomic E-state index is 0.0692. The minimum atomic E-state index is -3.53. The SMILES string of the molecule is Cc1ccc2c(c1)O[C@H](C(=O)NCCOc1ccccc1)CN2S(C)(=O)=O. The smallest absolute Gasteiger partial charge is 0.263 e. The third kappa shape index (κ3) is 4.71. The minimum Gasteiger partial charge on any atom is -0.492 e. The van der Waals surface area contributed by atoms with E-state index in [2.05, 4.69) is 5.32 Å². The quantitative estimate of drug-likeness (QED) is 0.759. The molecule has 1 N–H and O–H groups in total. The van der Waals surface area contributed by atoms with Crippen LogP contribution in [0.2, 0.25) is 0 Å². The van der Waals surface area contributed by atoms with Crippen LogP contribution in [0.15, 0.2) is 48.5 Å². The molecule has 0 aliphatic carbocycles. The number of anilines is 1. The summed E-state index contributed by atoms with van der Waals surface area (Å²) < 4.78 is 36.8. The molecule has 0 saturated heterocycles. The van der Waals surface area contributed by atoms with E-state index in [1.54, 1.807) is 12.1 Å². The number of hydrogen-bond donors (Lipinski definition) is 1. The van der Waals surface area contributed by atoms with Gasteiger partial charge >= 0.3 is 0 Å². The van der Waals surface area contributed by atoms with Gasteiger partial charge in [-0.15, -0.1) is 0 Å². The average Bonchev–Trinajstić information content (AvgIpc) is 2.64.